The highest BCUT2D eigenvalue weighted by atomic mass is 16.6. The summed E-state index contributed by atoms with van der Waals surface area (Å²) in [6.07, 6.45) is 1.88. The minimum Gasteiger partial charge on any atom is -0.477 e. The fraction of sp³-hybridized carbons (Fsp3) is 0.312. The van der Waals surface area contributed by atoms with Gasteiger partial charge in [-0.2, -0.15) is 0 Å². The molecular weight excluding hydrogens is 342 g/mol. The number of rotatable bonds is 5. The summed E-state index contributed by atoms with van der Waals surface area (Å²) in [5.74, 6) is -0.346. The summed E-state index contributed by atoms with van der Waals surface area (Å²) >= 11 is 0. The molecule has 1 aromatic carbocycles. The van der Waals surface area contributed by atoms with Gasteiger partial charge in [-0.25, -0.2) is 0 Å². The maximum absolute atomic E-state index is 12.7. The van der Waals surface area contributed by atoms with Crippen LogP contribution in [0.25, 0.3) is 0 Å². The number of para-hydroxylation sites is 2. The number of amides is 2. The lowest BCUT2D eigenvalue weighted by Crippen LogP contribution is -2.50. The molecule has 0 aliphatic carbocycles. The number of imidazole rings is 1. The number of fused-ring (bicyclic) bond motifs is 1. The standard InChI is InChI=1S/C16H17N5O5/c1-17-16(23)13-8-20(11-4-2-3-5-12(11)26-13)15(22)6-7-19-9-14(18-10-19)21(24)25/h2-5,9-10,13H,6-8H2,1H3,(H,17,23). The number of aryl methyl sites for hydroxylation is 1. The minimum atomic E-state index is -0.798. The SMILES string of the molecule is CNC(=O)C1CN(C(=O)CCn2cnc([N+](=O)[O-])c2)c2ccccc2O1. The van der Waals surface area contributed by atoms with E-state index in [1.54, 1.807) is 24.3 Å². The van der Waals surface area contributed by atoms with Gasteiger partial charge in [0.1, 0.15) is 11.9 Å². The molecule has 0 radical (unpaired) electrons. The Kier molecular flexibility index (Phi) is 4.83. The van der Waals surface area contributed by atoms with Crippen LogP contribution in [0.4, 0.5) is 11.5 Å². The smallest absolute Gasteiger partial charge is 0.381 e. The highest BCUT2D eigenvalue weighted by Gasteiger charge is 2.33. The molecule has 0 bridgehead atoms. The van der Waals surface area contributed by atoms with Crippen molar-refractivity contribution >= 4 is 23.3 Å². The molecule has 10 heteroatoms. The predicted octanol–water partition coefficient (Wildman–Crippen LogP) is 0.722. The van der Waals surface area contributed by atoms with Gasteiger partial charge in [0.15, 0.2) is 6.10 Å². The molecule has 1 atom stereocenters. The Morgan fingerprint density at radius 3 is 2.88 bits per heavy atom. The van der Waals surface area contributed by atoms with Crippen molar-refractivity contribution in [2.45, 2.75) is 19.1 Å². The minimum absolute atomic E-state index is 0.0968. The monoisotopic (exact) mass is 359 g/mol. The van der Waals surface area contributed by atoms with Gasteiger partial charge in [0.05, 0.1) is 12.2 Å². The molecule has 1 aromatic heterocycles. The van der Waals surface area contributed by atoms with E-state index in [2.05, 4.69) is 10.3 Å². The number of carbonyl (C=O) groups is 2. The summed E-state index contributed by atoms with van der Waals surface area (Å²) in [7, 11) is 1.50. The molecule has 0 saturated heterocycles. The van der Waals surface area contributed by atoms with E-state index >= 15 is 0 Å². The Labute approximate surface area is 148 Å². The van der Waals surface area contributed by atoms with E-state index in [4.69, 9.17) is 4.74 Å². The van der Waals surface area contributed by atoms with E-state index in [9.17, 15) is 19.7 Å². The Morgan fingerprint density at radius 1 is 1.42 bits per heavy atom. The Balaban J connectivity index is 1.74. The van der Waals surface area contributed by atoms with E-state index in [-0.39, 0.29) is 37.1 Å². The molecule has 0 spiro atoms. The lowest BCUT2D eigenvalue weighted by molar-refractivity contribution is -0.389. The number of nitrogens with zero attached hydrogens (tertiary/aromatic N) is 4. The van der Waals surface area contributed by atoms with Gasteiger partial charge in [-0.1, -0.05) is 12.1 Å². The fourth-order valence-electron chi connectivity index (χ4n) is 2.69. The van der Waals surface area contributed by atoms with Crippen molar-refractivity contribution in [3.63, 3.8) is 0 Å². The zero-order valence-electron chi connectivity index (χ0n) is 14.0. The number of hydrogen-bond acceptors (Lipinski definition) is 6. The fourth-order valence-corrected chi connectivity index (χ4v) is 2.69. The van der Waals surface area contributed by atoms with E-state index in [1.165, 1.54) is 29.0 Å². The second-order valence-corrected chi connectivity index (χ2v) is 5.67. The van der Waals surface area contributed by atoms with Gasteiger partial charge in [0, 0.05) is 20.0 Å². The molecule has 1 aliphatic heterocycles. The van der Waals surface area contributed by atoms with Crippen LogP contribution in [0.15, 0.2) is 36.8 Å². The summed E-state index contributed by atoms with van der Waals surface area (Å²) in [6.45, 7) is 0.337. The molecule has 0 fully saturated rings. The summed E-state index contributed by atoms with van der Waals surface area (Å²) < 4.78 is 7.15. The molecule has 0 saturated carbocycles. The molecule has 2 amide bonds. The Hall–Kier alpha value is -3.43. The molecule has 1 aliphatic rings. The van der Waals surface area contributed by atoms with Crippen molar-refractivity contribution in [1.29, 1.82) is 0 Å². The highest BCUT2D eigenvalue weighted by molar-refractivity contribution is 5.97. The van der Waals surface area contributed by atoms with Crippen molar-refractivity contribution in [3.8, 4) is 5.75 Å². The van der Waals surface area contributed by atoms with Crippen LogP contribution in [-0.2, 0) is 16.1 Å². The first kappa shape index (κ1) is 17.4. The number of benzene rings is 1. The largest absolute Gasteiger partial charge is 0.477 e. The predicted molar refractivity (Wildman–Crippen MR) is 90.8 cm³/mol. The van der Waals surface area contributed by atoms with Crippen LogP contribution in [0.1, 0.15) is 6.42 Å². The maximum atomic E-state index is 12.7. The summed E-state index contributed by atoms with van der Waals surface area (Å²) in [4.78, 5) is 39.9. The molecule has 2 heterocycles. The topological polar surface area (TPSA) is 120 Å². The lowest BCUT2D eigenvalue weighted by atomic mass is 10.1. The van der Waals surface area contributed by atoms with Gasteiger partial charge in [-0.3, -0.25) is 9.59 Å². The molecule has 2 aromatic rings. The van der Waals surface area contributed by atoms with Crippen LogP contribution < -0.4 is 15.0 Å². The van der Waals surface area contributed by atoms with Crippen molar-refractivity contribution < 1.29 is 19.2 Å². The van der Waals surface area contributed by atoms with Crippen molar-refractivity contribution in [3.05, 3.63) is 46.9 Å². The molecule has 10 nitrogen and oxygen atoms in total. The van der Waals surface area contributed by atoms with E-state index in [1.807, 2.05) is 0 Å². The number of ether oxygens (including phenoxy) is 1. The van der Waals surface area contributed by atoms with Crippen LogP contribution in [0, 0.1) is 10.1 Å². The zero-order valence-corrected chi connectivity index (χ0v) is 14.0. The zero-order chi connectivity index (χ0) is 18.7. The van der Waals surface area contributed by atoms with Gasteiger partial charge in [-0.05, 0) is 22.0 Å². The Bertz CT molecular complexity index is 849. The number of nitrogens with one attached hydrogen (secondary N) is 1. The molecule has 136 valence electrons. The third-order valence-corrected chi connectivity index (χ3v) is 4.00. The first-order chi connectivity index (χ1) is 12.5. The number of hydrogen-bond donors (Lipinski definition) is 1. The summed E-state index contributed by atoms with van der Waals surface area (Å²) in [5, 5.41) is 13.2. The van der Waals surface area contributed by atoms with Crippen LogP contribution in [0.2, 0.25) is 0 Å². The van der Waals surface area contributed by atoms with Gasteiger partial charge in [0.25, 0.3) is 5.91 Å². The second kappa shape index (κ2) is 7.21. The summed E-state index contributed by atoms with van der Waals surface area (Å²) in [5.41, 5.74) is 0.592. The van der Waals surface area contributed by atoms with Crippen LogP contribution in [0.3, 0.4) is 0 Å². The number of likely N-dealkylation sites (N-methyl/N-ethyl adjacent to an activating group) is 1. The second-order valence-electron chi connectivity index (χ2n) is 5.67. The van der Waals surface area contributed by atoms with Crippen LogP contribution in [0.5, 0.6) is 5.75 Å². The third-order valence-electron chi connectivity index (χ3n) is 4.00. The molecule has 26 heavy (non-hydrogen) atoms. The van der Waals surface area contributed by atoms with Gasteiger partial charge < -0.3 is 29.6 Å². The molecule has 1 N–H and O–H groups in total. The quantitative estimate of drug-likeness (QED) is 0.620. The average molecular weight is 359 g/mol. The number of anilines is 1. The lowest BCUT2D eigenvalue weighted by Gasteiger charge is -2.34. The molecule has 3 rings (SSSR count). The first-order valence-electron chi connectivity index (χ1n) is 7.93. The third kappa shape index (κ3) is 3.48. The first-order valence-corrected chi connectivity index (χ1v) is 7.93. The number of carbonyl (C=O) groups excluding carboxylic acids is 2. The van der Waals surface area contributed by atoms with E-state index in [0.717, 1.165) is 0 Å². The molecular formula is C16H17N5O5. The van der Waals surface area contributed by atoms with Gasteiger partial charge in [0.2, 0.25) is 12.2 Å². The van der Waals surface area contributed by atoms with Crippen molar-refractivity contribution in [2.24, 2.45) is 0 Å². The molecule has 1 unspecified atom stereocenters. The van der Waals surface area contributed by atoms with Gasteiger partial charge >= 0.3 is 5.82 Å². The van der Waals surface area contributed by atoms with Gasteiger partial charge in [-0.15, -0.1) is 0 Å². The van der Waals surface area contributed by atoms with Crippen molar-refractivity contribution in [2.75, 3.05) is 18.5 Å². The normalized spacial score (nSPS) is 15.7. The number of aromatic nitrogens is 2. The maximum Gasteiger partial charge on any atom is 0.381 e. The Morgan fingerprint density at radius 2 is 2.19 bits per heavy atom. The van der Waals surface area contributed by atoms with Crippen LogP contribution >= 0.6 is 0 Å². The van der Waals surface area contributed by atoms with Crippen molar-refractivity contribution in [1.82, 2.24) is 14.9 Å². The average Bonchev–Trinajstić information content (AvgIpc) is 3.14. The number of nitro groups is 1. The highest BCUT2D eigenvalue weighted by Crippen LogP contribution is 2.33. The van der Waals surface area contributed by atoms with E-state index < -0.39 is 11.0 Å². The van der Waals surface area contributed by atoms with E-state index in [0.29, 0.717) is 11.4 Å². The summed E-state index contributed by atoms with van der Waals surface area (Å²) in [6, 6.07) is 6.99. The van der Waals surface area contributed by atoms with Crippen LogP contribution in [-0.4, -0.2) is 46.0 Å².